The largest absolute Gasteiger partial charge is 0.397 e. The van der Waals surface area contributed by atoms with E-state index in [0.717, 1.165) is 11.6 Å². The van der Waals surface area contributed by atoms with E-state index in [2.05, 4.69) is 0 Å². The third-order valence-corrected chi connectivity index (χ3v) is 4.24. The fourth-order valence-corrected chi connectivity index (χ4v) is 3.08. The molecular weight excluding hydrogens is 211 g/mol. The van der Waals surface area contributed by atoms with Crippen LogP contribution >= 0.6 is 0 Å². The molecule has 0 aromatic heterocycles. The predicted molar refractivity (Wildman–Crippen MR) is 60.5 cm³/mol. The monoisotopic (exact) mass is 228 g/mol. The van der Waals surface area contributed by atoms with Crippen LogP contribution in [0.1, 0.15) is 19.4 Å². The zero-order valence-electron chi connectivity index (χ0n) is 9.20. The van der Waals surface area contributed by atoms with E-state index in [1.54, 1.807) is 12.1 Å². The SMILES string of the molecule is CCO[SiH](Cc1ccc(F)cc1)OCC. The molecule has 0 atom stereocenters. The quantitative estimate of drug-likeness (QED) is 0.695. The van der Waals surface area contributed by atoms with Gasteiger partial charge >= 0.3 is 9.28 Å². The van der Waals surface area contributed by atoms with E-state index in [4.69, 9.17) is 8.85 Å². The van der Waals surface area contributed by atoms with E-state index in [1.807, 2.05) is 13.8 Å². The van der Waals surface area contributed by atoms with E-state index in [-0.39, 0.29) is 5.82 Å². The van der Waals surface area contributed by atoms with Crippen LogP contribution in [0.2, 0.25) is 0 Å². The summed E-state index contributed by atoms with van der Waals surface area (Å²) in [5, 5.41) is 0. The lowest BCUT2D eigenvalue weighted by molar-refractivity contribution is 0.213. The van der Waals surface area contributed by atoms with Crippen LogP contribution in [-0.2, 0) is 14.9 Å². The average Bonchev–Trinajstić information content (AvgIpc) is 2.22. The molecule has 0 heterocycles. The summed E-state index contributed by atoms with van der Waals surface area (Å²) in [6.07, 6.45) is 0. The summed E-state index contributed by atoms with van der Waals surface area (Å²) in [5.74, 6) is -0.204. The second-order valence-corrected chi connectivity index (χ2v) is 5.10. The summed E-state index contributed by atoms with van der Waals surface area (Å²) in [6.45, 7) is 5.28. The first-order chi connectivity index (χ1) is 7.26. The molecule has 0 aliphatic carbocycles. The van der Waals surface area contributed by atoms with Crippen molar-refractivity contribution in [3.8, 4) is 0 Å². The van der Waals surface area contributed by atoms with Gasteiger partial charge in [-0.3, -0.25) is 0 Å². The highest BCUT2D eigenvalue weighted by molar-refractivity contribution is 6.43. The van der Waals surface area contributed by atoms with E-state index in [0.29, 0.717) is 13.2 Å². The maximum Gasteiger partial charge on any atom is 0.325 e. The molecule has 1 aromatic rings. The standard InChI is InChI=1S/C11H17FO2Si/c1-3-13-15(14-4-2)9-10-5-7-11(12)8-6-10/h5-8,15H,3-4,9H2,1-2H3. The molecule has 1 rings (SSSR count). The number of hydrogen-bond donors (Lipinski definition) is 0. The molecule has 1 aromatic carbocycles. The predicted octanol–water partition coefficient (Wildman–Crippen LogP) is 2.20. The first-order valence-corrected chi connectivity index (χ1v) is 6.99. The van der Waals surface area contributed by atoms with Crippen LogP contribution in [0.25, 0.3) is 0 Å². The third kappa shape index (κ3) is 4.55. The summed E-state index contributed by atoms with van der Waals surface area (Å²) in [5.41, 5.74) is 1.08. The number of hydrogen-bond acceptors (Lipinski definition) is 2. The van der Waals surface area contributed by atoms with Gasteiger partial charge in [0.1, 0.15) is 5.82 Å². The molecule has 0 fully saturated rings. The molecule has 0 spiro atoms. The highest BCUT2D eigenvalue weighted by Gasteiger charge is 2.12. The Hall–Kier alpha value is -0.713. The Morgan fingerprint density at radius 2 is 1.60 bits per heavy atom. The minimum atomic E-state index is -1.60. The molecule has 15 heavy (non-hydrogen) atoms. The van der Waals surface area contributed by atoms with Gasteiger partial charge in [-0.25, -0.2) is 4.39 Å². The van der Waals surface area contributed by atoms with Crippen LogP contribution < -0.4 is 0 Å². The Kier molecular flexibility index (Phi) is 5.53. The summed E-state index contributed by atoms with van der Waals surface area (Å²) in [4.78, 5) is 0. The molecule has 2 nitrogen and oxygen atoms in total. The number of benzene rings is 1. The molecule has 0 amide bonds. The molecule has 84 valence electrons. The van der Waals surface area contributed by atoms with E-state index in [1.165, 1.54) is 12.1 Å². The Bertz CT molecular complexity index is 270. The highest BCUT2D eigenvalue weighted by Crippen LogP contribution is 2.06. The van der Waals surface area contributed by atoms with E-state index >= 15 is 0 Å². The van der Waals surface area contributed by atoms with Crippen molar-refractivity contribution in [3.05, 3.63) is 35.6 Å². The lowest BCUT2D eigenvalue weighted by atomic mass is 10.2. The first-order valence-electron chi connectivity index (χ1n) is 5.24. The fraction of sp³-hybridized carbons (Fsp3) is 0.455. The van der Waals surface area contributed by atoms with Crippen molar-refractivity contribution in [2.75, 3.05) is 13.2 Å². The molecule has 0 saturated carbocycles. The van der Waals surface area contributed by atoms with Crippen LogP contribution in [0.5, 0.6) is 0 Å². The molecular formula is C11H17FO2Si. The van der Waals surface area contributed by atoms with Gasteiger partial charge in [-0.1, -0.05) is 12.1 Å². The number of halogens is 1. The molecule has 0 N–H and O–H groups in total. The summed E-state index contributed by atoms with van der Waals surface area (Å²) >= 11 is 0. The van der Waals surface area contributed by atoms with Crippen molar-refractivity contribution in [2.45, 2.75) is 19.9 Å². The fourth-order valence-electron chi connectivity index (χ4n) is 1.35. The molecule has 0 unspecified atom stereocenters. The summed E-state index contributed by atoms with van der Waals surface area (Å²) in [7, 11) is -1.60. The van der Waals surface area contributed by atoms with Gasteiger partial charge in [0.25, 0.3) is 0 Å². The lowest BCUT2D eigenvalue weighted by Gasteiger charge is -2.14. The lowest BCUT2D eigenvalue weighted by Crippen LogP contribution is -2.26. The third-order valence-electron chi connectivity index (χ3n) is 2.02. The normalized spacial score (nSPS) is 10.9. The van der Waals surface area contributed by atoms with Gasteiger partial charge in [0.15, 0.2) is 0 Å². The van der Waals surface area contributed by atoms with Crippen molar-refractivity contribution in [2.24, 2.45) is 0 Å². The van der Waals surface area contributed by atoms with Gasteiger partial charge in [0, 0.05) is 19.3 Å². The minimum absolute atomic E-state index is 0.204. The van der Waals surface area contributed by atoms with Crippen molar-refractivity contribution in [1.29, 1.82) is 0 Å². The Morgan fingerprint density at radius 3 is 2.07 bits per heavy atom. The van der Waals surface area contributed by atoms with Crippen molar-refractivity contribution >= 4 is 9.28 Å². The van der Waals surface area contributed by atoms with Gasteiger partial charge in [-0.15, -0.1) is 0 Å². The van der Waals surface area contributed by atoms with Gasteiger partial charge < -0.3 is 8.85 Å². The van der Waals surface area contributed by atoms with Crippen molar-refractivity contribution < 1.29 is 13.2 Å². The van der Waals surface area contributed by atoms with Gasteiger partial charge in [-0.2, -0.15) is 0 Å². The minimum Gasteiger partial charge on any atom is -0.397 e. The second-order valence-electron chi connectivity index (χ2n) is 3.17. The zero-order chi connectivity index (χ0) is 11.1. The highest BCUT2D eigenvalue weighted by atomic mass is 28.3. The molecule has 0 aliphatic rings. The van der Waals surface area contributed by atoms with Crippen LogP contribution in [-0.4, -0.2) is 22.5 Å². The van der Waals surface area contributed by atoms with Gasteiger partial charge in [-0.05, 0) is 31.5 Å². The van der Waals surface area contributed by atoms with Crippen molar-refractivity contribution in [3.63, 3.8) is 0 Å². The molecule has 0 bridgehead atoms. The number of rotatable bonds is 6. The first kappa shape index (κ1) is 12.4. The van der Waals surface area contributed by atoms with Crippen LogP contribution in [0.15, 0.2) is 24.3 Å². The summed E-state index contributed by atoms with van der Waals surface area (Å²) < 4.78 is 23.7. The zero-order valence-corrected chi connectivity index (χ0v) is 10.4. The topological polar surface area (TPSA) is 18.5 Å². The Labute approximate surface area is 91.9 Å². The van der Waals surface area contributed by atoms with Crippen molar-refractivity contribution in [1.82, 2.24) is 0 Å². The average molecular weight is 228 g/mol. The van der Waals surface area contributed by atoms with Crippen LogP contribution in [0, 0.1) is 5.82 Å². The molecule has 0 aliphatic heterocycles. The summed E-state index contributed by atoms with van der Waals surface area (Å²) in [6, 6.07) is 7.31. The maximum absolute atomic E-state index is 12.7. The van der Waals surface area contributed by atoms with Gasteiger partial charge in [0.2, 0.25) is 0 Å². The Morgan fingerprint density at radius 1 is 1.07 bits per heavy atom. The van der Waals surface area contributed by atoms with E-state index < -0.39 is 9.28 Å². The molecule has 4 heteroatoms. The van der Waals surface area contributed by atoms with Crippen LogP contribution in [0.4, 0.5) is 4.39 Å². The Balaban J connectivity index is 2.53. The molecule has 0 saturated heterocycles. The van der Waals surface area contributed by atoms with Crippen LogP contribution in [0.3, 0.4) is 0 Å². The van der Waals surface area contributed by atoms with E-state index in [9.17, 15) is 4.39 Å². The van der Waals surface area contributed by atoms with Gasteiger partial charge in [0.05, 0.1) is 0 Å². The smallest absolute Gasteiger partial charge is 0.325 e. The second kappa shape index (κ2) is 6.71. The molecule has 0 radical (unpaired) electrons. The maximum atomic E-state index is 12.7.